The van der Waals surface area contributed by atoms with E-state index in [1.165, 1.54) is 0 Å². The summed E-state index contributed by atoms with van der Waals surface area (Å²) in [6, 6.07) is 15.0. The van der Waals surface area contributed by atoms with Gasteiger partial charge in [-0.3, -0.25) is 14.6 Å². The highest BCUT2D eigenvalue weighted by Gasteiger charge is 2.47. The minimum absolute atomic E-state index is 0.0842. The molecule has 2 atom stereocenters. The molecule has 5 heteroatoms. The molecule has 1 aromatic carbocycles. The van der Waals surface area contributed by atoms with Gasteiger partial charge in [-0.2, -0.15) is 0 Å². The number of fused-ring (bicyclic) bond motifs is 1. The molecule has 0 aliphatic carbocycles. The fraction of sp³-hybridized carbons (Fsp3) is 0.278. The lowest BCUT2D eigenvalue weighted by molar-refractivity contribution is -0.120. The molecule has 2 fully saturated rings. The van der Waals surface area contributed by atoms with Crippen molar-refractivity contribution < 1.29 is 9.59 Å². The highest BCUT2D eigenvalue weighted by molar-refractivity contribution is 5.99. The van der Waals surface area contributed by atoms with E-state index < -0.39 is 0 Å². The van der Waals surface area contributed by atoms with Crippen molar-refractivity contribution in [3.05, 3.63) is 60.4 Å². The number of aromatic nitrogens is 1. The third kappa shape index (κ3) is 2.38. The first kappa shape index (κ1) is 13.9. The summed E-state index contributed by atoms with van der Waals surface area (Å²) < 4.78 is 0. The zero-order valence-electron chi connectivity index (χ0n) is 12.6. The van der Waals surface area contributed by atoms with Crippen molar-refractivity contribution >= 4 is 17.5 Å². The van der Waals surface area contributed by atoms with Crippen molar-refractivity contribution in [3.63, 3.8) is 0 Å². The van der Waals surface area contributed by atoms with Gasteiger partial charge in [0.05, 0.1) is 5.92 Å². The van der Waals surface area contributed by atoms with Gasteiger partial charge in [0.15, 0.2) is 0 Å². The number of amides is 2. The van der Waals surface area contributed by atoms with Crippen LogP contribution in [0.25, 0.3) is 0 Å². The van der Waals surface area contributed by atoms with Crippen LogP contribution in [0.15, 0.2) is 54.7 Å². The SMILES string of the molecule is O=C(c1ccccn1)N1C[C@H]2CN(c3ccccc3)C(=O)[C@@H]2C1. The molecule has 5 nitrogen and oxygen atoms in total. The summed E-state index contributed by atoms with van der Waals surface area (Å²) in [7, 11) is 0. The quantitative estimate of drug-likeness (QED) is 0.850. The Hall–Kier alpha value is -2.69. The van der Waals surface area contributed by atoms with E-state index in [9.17, 15) is 9.59 Å². The lowest BCUT2D eigenvalue weighted by Crippen LogP contribution is -2.35. The molecule has 0 N–H and O–H groups in total. The van der Waals surface area contributed by atoms with Gasteiger partial charge in [-0.05, 0) is 24.3 Å². The van der Waals surface area contributed by atoms with Crippen molar-refractivity contribution in [2.45, 2.75) is 0 Å². The zero-order valence-corrected chi connectivity index (χ0v) is 12.6. The van der Waals surface area contributed by atoms with Crippen molar-refractivity contribution in [1.29, 1.82) is 0 Å². The number of carbonyl (C=O) groups excluding carboxylic acids is 2. The standard InChI is InChI=1S/C18H17N3O2/c22-17-15-12-20(18(23)16-8-4-5-9-19-16)10-13(15)11-21(17)14-6-2-1-3-7-14/h1-9,13,15H,10-12H2/t13-,15+/m0/s1. The highest BCUT2D eigenvalue weighted by atomic mass is 16.2. The number of hydrogen-bond acceptors (Lipinski definition) is 3. The lowest BCUT2D eigenvalue weighted by atomic mass is 10.0. The lowest BCUT2D eigenvalue weighted by Gasteiger charge is -2.21. The summed E-state index contributed by atoms with van der Waals surface area (Å²) in [5.41, 5.74) is 1.38. The Kier molecular flexibility index (Phi) is 3.33. The molecule has 2 saturated heterocycles. The number of nitrogens with zero attached hydrogens (tertiary/aromatic N) is 3. The summed E-state index contributed by atoms with van der Waals surface area (Å²) in [5, 5.41) is 0. The molecular formula is C18H17N3O2. The summed E-state index contributed by atoms with van der Waals surface area (Å²) in [5.74, 6) is 0.148. The van der Waals surface area contributed by atoms with E-state index in [2.05, 4.69) is 4.98 Å². The largest absolute Gasteiger partial charge is 0.336 e. The molecule has 1 aromatic heterocycles. The molecule has 0 radical (unpaired) electrons. The second-order valence-corrected chi connectivity index (χ2v) is 6.08. The van der Waals surface area contributed by atoms with Gasteiger partial charge in [0.1, 0.15) is 5.69 Å². The van der Waals surface area contributed by atoms with E-state index in [0.29, 0.717) is 25.3 Å². The van der Waals surface area contributed by atoms with Crippen LogP contribution in [-0.4, -0.2) is 41.3 Å². The number of anilines is 1. The van der Waals surface area contributed by atoms with Crippen molar-refractivity contribution in [2.24, 2.45) is 11.8 Å². The maximum Gasteiger partial charge on any atom is 0.272 e. The number of pyridine rings is 1. The average molecular weight is 307 g/mol. The van der Waals surface area contributed by atoms with Gasteiger partial charge in [-0.15, -0.1) is 0 Å². The molecule has 4 rings (SSSR count). The van der Waals surface area contributed by atoms with Gasteiger partial charge in [0, 0.05) is 37.4 Å². The second-order valence-electron chi connectivity index (χ2n) is 6.08. The minimum Gasteiger partial charge on any atom is -0.336 e. The minimum atomic E-state index is -0.0946. The first-order valence-electron chi connectivity index (χ1n) is 7.81. The van der Waals surface area contributed by atoms with Gasteiger partial charge >= 0.3 is 0 Å². The Balaban J connectivity index is 1.49. The van der Waals surface area contributed by atoms with Crippen LogP contribution in [-0.2, 0) is 4.79 Å². The van der Waals surface area contributed by atoms with Crippen LogP contribution in [0.5, 0.6) is 0 Å². The number of hydrogen-bond donors (Lipinski definition) is 0. The maximum absolute atomic E-state index is 12.7. The third-order valence-corrected chi connectivity index (χ3v) is 4.68. The van der Waals surface area contributed by atoms with Gasteiger partial charge < -0.3 is 9.80 Å². The Bertz CT molecular complexity index is 732. The Morgan fingerprint density at radius 3 is 2.48 bits per heavy atom. The predicted octanol–water partition coefficient (Wildman–Crippen LogP) is 1.82. The molecule has 0 spiro atoms. The summed E-state index contributed by atoms with van der Waals surface area (Å²) in [6.45, 7) is 1.79. The van der Waals surface area contributed by atoms with Gasteiger partial charge in [-0.25, -0.2) is 0 Å². The molecule has 2 amide bonds. The molecule has 2 aliphatic rings. The normalized spacial score (nSPS) is 23.2. The maximum atomic E-state index is 12.7. The Labute approximate surface area is 134 Å². The first-order valence-corrected chi connectivity index (χ1v) is 7.81. The van der Waals surface area contributed by atoms with E-state index in [4.69, 9.17) is 0 Å². The van der Waals surface area contributed by atoms with Crippen LogP contribution in [0.4, 0.5) is 5.69 Å². The smallest absolute Gasteiger partial charge is 0.272 e. The summed E-state index contributed by atoms with van der Waals surface area (Å²) in [4.78, 5) is 32.9. The predicted molar refractivity (Wildman–Crippen MR) is 85.9 cm³/mol. The zero-order chi connectivity index (χ0) is 15.8. The highest BCUT2D eigenvalue weighted by Crippen LogP contribution is 2.35. The molecule has 0 unspecified atom stereocenters. The van der Waals surface area contributed by atoms with Crippen LogP contribution in [0.3, 0.4) is 0 Å². The topological polar surface area (TPSA) is 53.5 Å². The number of likely N-dealkylation sites (tertiary alicyclic amines) is 1. The fourth-order valence-corrected chi connectivity index (χ4v) is 3.52. The Morgan fingerprint density at radius 2 is 1.78 bits per heavy atom. The second kappa shape index (κ2) is 5.50. The van der Waals surface area contributed by atoms with Crippen LogP contribution >= 0.6 is 0 Å². The molecule has 23 heavy (non-hydrogen) atoms. The van der Waals surface area contributed by atoms with E-state index in [1.807, 2.05) is 35.2 Å². The summed E-state index contributed by atoms with van der Waals surface area (Å²) >= 11 is 0. The molecular weight excluding hydrogens is 290 g/mol. The van der Waals surface area contributed by atoms with E-state index in [-0.39, 0.29) is 23.7 Å². The van der Waals surface area contributed by atoms with Crippen molar-refractivity contribution in [1.82, 2.24) is 9.88 Å². The number of benzene rings is 1. The average Bonchev–Trinajstić information content (AvgIpc) is 3.16. The van der Waals surface area contributed by atoms with Crippen molar-refractivity contribution in [2.75, 3.05) is 24.5 Å². The van der Waals surface area contributed by atoms with E-state index in [0.717, 1.165) is 5.69 Å². The first-order chi connectivity index (χ1) is 11.2. The van der Waals surface area contributed by atoms with Gasteiger partial charge in [-0.1, -0.05) is 24.3 Å². The molecule has 2 aromatic rings. The third-order valence-electron chi connectivity index (χ3n) is 4.68. The van der Waals surface area contributed by atoms with Crippen LogP contribution in [0.2, 0.25) is 0 Å². The Morgan fingerprint density at radius 1 is 1.00 bits per heavy atom. The van der Waals surface area contributed by atoms with Gasteiger partial charge in [0.2, 0.25) is 5.91 Å². The van der Waals surface area contributed by atoms with E-state index >= 15 is 0 Å². The van der Waals surface area contributed by atoms with Gasteiger partial charge in [0.25, 0.3) is 5.91 Å². The molecule has 116 valence electrons. The van der Waals surface area contributed by atoms with Crippen molar-refractivity contribution in [3.8, 4) is 0 Å². The molecule has 2 aliphatic heterocycles. The molecule has 0 saturated carbocycles. The van der Waals surface area contributed by atoms with E-state index in [1.54, 1.807) is 29.3 Å². The number of para-hydroxylation sites is 1. The molecule has 0 bridgehead atoms. The number of rotatable bonds is 2. The number of carbonyl (C=O) groups is 2. The fourth-order valence-electron chi connectivity index (χ4n) is 3.52. The van der Waals surface area contributed by atoms with Crippen LogP contribution in [0, 0.1) is 11.8 Å². The van der Waals surface area contributed by atoms with Crippen LogP contribution in [0.1, 0.15) is 10.5 Å². The van der Waals surface area contributed by atoms with Crippen LogP contribution < -0.4 is 4.90 Å². The molecule has 3 heterocycles. The monoisotopic (exact) mass is 307 g/mol. The summed E-state index contributed by atoms with van der Waals surface area (Å²) in [6.07, 6.45) is 1.62.